The molecule has 5 rings (SSSR count). The fourth-order valence-corrected chi connectivity index (χ4v) is 7.50. The normalized spacial score (nSPS) is 19.8. The number of rotatable bonds is 11. The second kappa shape index (κ2) is 16.1. The van der Waals surface area contributed by atoms with Gasteiger partial charge in [-0.3, -0.25) is 19.4 Å². The van der Waals surface area contributed by atoms with Crippen LogP contribution in [0.4, 0.5) is 32.0 Å². The lowest BCUT2D eigenvalue weighted by Crippen LogP contribution is -2.69. The third kappa shape index (κ3) is 8.30. The van der Waals surface area contributed by atoms with E-state index in [9.17, 15) is 40.7 Å². The number of piperidine rings is 1. The molecule has 2 fully saturated rings. The first kappa shape index (κ1) is 38.8. The quantitative estimate of drug-likeness (QED) is 0.186. The second-order valence-corrected chi connectivity index (χ2v) is 13.4. The van der Waals surface area contributed by atoms with Gasteiger partial charge in [0.1, 0.15) is 10.6 Å². The number of para-hydroxylation sites is 1. The molecule has 17 heteroatoms. The molecule has 2 aliphatic heterocycles. The van der Waals surface area contributed by atoms with E-state index in [2.05, 4.69) is 10.3 Å². The van der Waals surface area contributed by atoms with Crippen molar-refractivity contribution in [2.24, 2.45) is 0 Å². The number of methoxy groups -OCH3 is 1. The average molecular weight is 756 g/mol. The summed E-state index contributed by atoms with van der Waals surface area (Å²) in [4.78, 5) is 49.2. The summed E-state index contributed by atoms with van der Waals surface area (Å²) in [6.45, 7) is 3.23. The van der Waals surface area contributed by atoms with Crippen molar-refractivity contribution in [2.45, 2.75) is 56.6 Å². The number of piperazine rings is 1. The molecule has 0 unspecified atom stereocenters. The minimum atomic E-state index is -4.87. The van der Waals surface area contributed by atoms with Gasteiger partial charge in [0, 0.05) is 82.3 Å². The first-order valence-corrected chi connectivity index (χ1v) is 17.7. The van der Waals surface area contributed by atoms with Crippen LogP contribution in [0.3, 0.4) is 0 Å². The van der Waals surface area contributed by atoms with Gasteiger partial charge in [0.25, 0.3) is 17.7 Å². The monoisotopic (exact) mass is 755 g/mol. The molecule has 0 saturated carbocycles. The number of carbonyl (C=O) groups excluding carboxylic acids is 3. The van der Waals surface area contributed by atoms with Crippen LogP contribution in [-0.2, 0) is 21.9 Å². The van der Waals surface area contributed by atoms with Crippen LogP contribution in [0.25, 0.3) is 0 Å². The number of hydrogen-bond donors (Lipinski definition) is 1. The van der Waals surface area contributed by atoms with Crippen LogP contribution in [0.15, 0.2) is 54.2 Å². The third-order valence-corrected chi connectivity index (χ3v) is 10.2. The van der Waals surface area contributed by atoms with E-state index in [4.69, 9.17) is 9.47 Å². The predicted octanol–water partition coefficient (Wildman–Crippen LogP) is 6.13. The summed E-state index contributed by atoms with van der Waals surface area (Å²) in [5.74, 6) is -2.13. The van der Waals surface area contributed by atoms with Crippen molar-refractivity contribution in [1.29, 1.82) is 0 Å². The molecule has 0 spiro atoms. The number of benzene rings is 1. The number of ether oxygens (including phenoxy) is 2. The lowest BCUT2D eigenvalue weighted by Gasteiger charge is -2.51. The number of alkyl halides is 6. The highest BCUT2D eigenvalue weighted by Gasteiger charge is 2.56. The van der Waals surface area contributed by atoms with Crippen LogP contribution in [0.5, 0.6) is 5.75 Å². The third-order valence-electron chi connectivity index (χ3n) is 9.21. The Morgan fingerprint density at radius 2 is 1.73 bits per heavy atom. The SMILES string of the molecule is CCC[C@H]1N(C(=O)c2cnccc2C(F)(F)F)CCC[C@@]1(Oc1csc(C(F)(F)F)c1)C(=O)N1CCN(c2ccccc2C(=O)NCCOC)CC1. The van der Waals surface area contributed by atoms with Crippen molar-refractivity contribution >= 4 is 34.7 Å². The van der Waals surface area contributed by atoms with Gasteiger partial charge in [-0.15, -0.1) is 11.3 Å². The smallest absolute Gasteiger partial charge is 0.425 e. The molecule has 52 heavy (non-hydrogen) atoms. The zero-order valence-electron chi connectivity index (χ0n) is 28.6. The minimum absolute atomic E-state index is 0.00133. The van der Waals surface area contributed by atoms with E-state index in [1.54, 1.807) is 31.2 Å². The number of thiophene rings is 1. The van der Waals surface area contributed by atoms with Gasteiger partial charge in [0.05, 0.1) is 29.3 Å². The number of aromatic nitrogens is 1. The van der Waals surface area contributed by atoms with Crippen molar-refractivity contribution in [3.8, 4) is 5.75 Å². The molecule has 2 saturated heterocycles. The summed E-state index contributed by atoms with van der Waals surface area (Å²) in [6, 6.07) is 7.35. The standard InChI is InChI=1S/C35H39F6N5O5S/c1-3-7-28-33(51-23-20-29(52-22-23)35(39,40)41,11-6-14-46(28)31(48)25-21-42-12-10-26(25)34(36,37)38)32(49)45-17-15-44(16-18-45)27-9-5-4-8-24(27)30(47)43-13-19-50-2/h4-5,8-10,12,20-22,28H,3,6-7,11,13-19H2,1-2H3,(H,43,47)/t28-,33+/m1/s1. The number of pyridine rings is 1. The zero-order valence-corrected chi connectivity index (χ0v) is 29.4. The Kier molecular flexibility index (Phi) is 12.0. The first-order chi connectivity index (χ1) is 24.7. The van der Waals surface area contributed by atoms with E-state index in [1.807, 2.05) is 4.90 Å². The molecule has 4 heterocycles. The van der Waals surface area contributed by atoms with Crippen molar-refractivity contribution in [3.05, 3.63) is 75.7 Å². The van der Waals surface area contributed by atoms with Gasteiger partial charge < -0.3 is 29.5 Å². The van der Waals surface area contributed by atoms with E-state index in [1.165, 1.54) is 16.9 Å². The van der Waals surface area contributed by atoms with Crippen LogP contribution in [0, 0.1) is 0 Å². The molecule has 282 valence electrons. The first-order valence-electron chi connectivity index (χ1n) is 16.8. The van der Waals surface area contributed by atoms with Gasteiger partial charge in [0.15, 0.2) is 0 Å². The molecule has 1 N–H and O–H groups in total. The highest BCUT2D eigenvalue weighted by molar-refractivity contribution is 7.10. The van der Waals surface area contributed by atoms with E-state index in [-0.39, 0.29) is 63.6 Å². The van der Waals surface area contributed by atoms with Gasteiger partial charge >= 0.3 is 12.4 Å². The number of nitrogens with zero attached hydrogens (tertiary/aromatic N) is 4. The maximum atomic E-state index is 14.8. The summed E-state index contributed by atoms with van der Waals surface area (Å²) < 4.78 is 94.3. The molecule has 0 radical (unpaired) electrons. The Labute approximate surface area is 300 Å². The lowest BCUT2D eigenvalue weighted by atomic mass is 9.79. The maximum absolute atomic E-state index is 14.8. The second-order valence-electron chi connectivity index (χ2n) is 12.5. The van der Waals surface area contributed by atoms with Gasteiger partial charge in [-0.25, -0.2) is 0 Å². The number of hydrogen-bond acceptors (Lipinski definition) is 8. The highest BCUT2D eigenvalue weighted by Crippen LogP contribution is 2.43. The largest absolute Gasteiger partial charge is 0.474 e. The number of carbonyl (C=O) groups is 3. The van der Waals surface area contributed by atoms with Gasteiger partial charge in [-0.05, 0) is 31.0 Å². The van der Waals surface area contributed by atoms with E-state index >= 15 is 0 Å². The Morgan fingerprint density at radius 1 is 1.00 bits per heavy atom. The summed E-state index contributed by atoms with van der Waals surface area (Å²) in [5, 5.41) is 3.94. The van der Waals surface area contributed by atoms with Gasteiger partial charge in [-0.2, -0.15) is 26.3 Å². The van der Waals surface area contributed by atoms with Crippen molar-refractivity contribution in [1.82, 2.24) is 20.1 Å². The molecule has 3 aromatic rings. The number of amides is 3. The Bertz CT molecular complexity index is 1730. The molecule has 0 aliphatic carbocycles. The summed E-state index contributed by atoms with van der Waals surface area (Å²) in [5.41, 5.74) is -2.75. The fourth-order valence-electron chi connectivity index (χ4n) is 6.82. The van der Waals surface area contributed by atoms with Gasteiger partial charge in [0.2, 0.25) is 5.60 Å². The van der Waals surface area contributed by atoms with Crippen LogP contribution < -0.4 is 15.0 Å². The van der Waals surface area contributed by atoms with Crippen LogP contribution in [0.1, 0.15) is 63.8 Å². The van der Waals surface area contributed by atoms with Crippen LogP contribution in [-0.4, -0.2) is 97.1 Å². The molecule has 1 aromatic carbocycles. The summed E-state index contributed by atoms with van der Waals surface area (Å²) in [6.07, 6.45) is -7.18. The number of nitrogens with one attached hydrogen (secondary N) is 1. The maximum Gasteiger partial charge on any atom is 0.425 e. The molecular weight excluding hydrogens is 716 g/mol. The summed E-state index contributed by atoms with van der Waals surface area (Å²) >= 11 is 0.387. The van der Waals surface area contributed by atoms with Crippen LogP contribution >= 0.6 is 11.3 Å². The Morgan fingerprint density at radius 3 is 2.38 bits per heavy atom. The summed E-state index contributed by atoms with van der Waals surface area (Å²) in [7, 11) is 1.52. The lowest BCUT2D eigenvalue weighted by molar-refractivity contribution is -0.159. The molecule has 3 amide bonds. The molecule has 2 aliphatic rings. The molecular formula is C35H39F6N5O5S. The molecule has 2 aromatic heterocycles. The van der Waals surface area contributed by atoms with Gasteiger partial charge in [-0.1, -0.05) is 25.5 Å². The minimum Gasteiger partial charge on any atom is -0.474 e. The average Bonchev–Trinajstić information content (AvgIpc) is 3.61. The highest BCUT2D eigenvalue weighted by atomic mass is 32.1. The number of anilines is 1. The molecule has 2 atom stereocenters. The van der Waals surface area contributed by atoms with Crippen molar-refractivity contribution < 1.29 is 50.2 Å². The number of halogens is 6. The Balaban J connectivity index is 1.48. The molecule has 0 bridgehead atoms. The fraction of sp³-hybridized carbons (Fsp3) is 0.486. The zero-order chi connectivity index (χ0) is 37.7. The topological polar surface area (TPSA) is 104 Å². The van der Waals surface area contributed by atoms with E-state index < -0.39 is 51.8 Å². The van der Waals surface area contributed by atoms with E-state index in [0.29, 0.717) is 48.2 Å². The van der Waals surface area contributed by atoms with Crippen molar-refractivity contribution in [2.75, 3.05) is 57.9 Å². The van der Waals surface area contributed by atoms with Crippen LogP contribution in [0.2, 0.25) is 0 Å². The molecule has 10 nitrogen and oxygen atoms in total. The Hall–Kier alpha value is -4.38. The van der Waals surface area contributed by atoms with Crippen molar-refractivity contribution in [3.63, 3.8) is 0 Å². The van der Waals surface area contributed by atoms with E-state index in [0.717, 1.165) is 23.8 Å². The predicted molar refractivity (Wildman–Crippen MR) is 180 cm³/mol. The number of likely N-dealkylation sites (tertiary alicyclic amines) is 1.